The number of sulfone groups is 1. The predicted molar refractivity (Wildman–Crippen MR) is 138 cm³/mol. The molecule has 0 radical (unpaired) electrons. The molecule has 4 rings (SSSR count). The number of hydrogen-bond donors (Lipinski definition) is 2. The summed E-state index contributed by atoms with van der Waals surface area (Å²) in [6.45, 7) is -0.0125. The highest BCUT2D eigenvalue weighted by Crippen LogP contribution is 2.32. The molecule has 41 heavy (non-hydrogen) atoms. The van der Waals surface area contributed by atoms with E-state index in [1.807, 2.05) is 0 Å². The van der Waals surface area contributed by atoms with E-state index in [0.717, 1.165) is 12.1 Å². The van der Waals surface area contributed by atoms with E-state index >= 15 is 0 Å². The Balaban J connectivity index is 1.32. The van der Waals surface area contributed by atoms with Gasteiger partial charge in [-0.15, -0.1) is 0 Å². The van der Waals surface area contributed by atoms with Gasteiger partial charge < -0.3 is 15.1 Å². The highest BCUT2D eigenvalue weighted by molar-refractivity contribution is 7.92. The number of carbonyl (C=O) groups excluding carboxylic acids is 1. The Labute approximate surface area is 232 Å². The van der Waals surface area contributed by atoms with Gasteiger partial charge in [0.2, 0.25) is 5.09 Å². The van der Waals surface area contributed by atoms with Crippen molar-refractivity contribution in [1.29, 1.82) is 0 Å². The van der Waals surface area contributed by atoms with Crippen molar-refractivity contribution >= 4 is 37.1 Å². The lowest BCUT2D eigenvalue weighted by Crippen LogP contribution is -2.42. The Bertz CT molecular complexity index is 1650. The van der Waals surface area contributed by atoms with Crippen LogP contribution in [0.25, 0.3) is 0 Å². The van der Waals surface area contributed by atoms with Gasteiger partial charge in [0.1, 0.15) is 5.76 Å². The van der Waals surface area contributed by atoms with E-state index in [9.17, 15) is 44.9 Å². The number of benzene rings is 2. The molecule has 3 aromatic rings. The number of anilines is 1. The number of piperidine rings is 1. The fourth-order valence-electron chi connectivity index (χ4n) is 4.09. The van der Waals surface area contributed by atoms with Gasteiger partial charge in [-0.1, -0.05) is 6.07 Å². The van der Waals surface area contributed by atoms with Crippen LogP contribution < -0.4 is 10.6 Å². The normalized spacial score (nSPS) is 15.4. The molecular weight excluding hydrogens is 593 g/mol. The molecule has 0 bridgehead atoms. The first-order chi connectivity index (χ1) is 19.2. The zero-order valence-corrected chi connectivity index (χ0v) is 22.6. The molecule has 1 aliphatic heterocycles. The molecule has 0 saturated carbocycles. The first-order valence-electron chi connectivity index (χ1n) is 12.0. The lowest BCUT2D eigenvalue weighted by atomic mass is 10.1. The molecule has 1 aliphatic rings. The van der Waals surface area contributed by atoms with E-state index in [4.69, 9.17) is 4.42 Å². The van der Waals surface area contributed by atoms with E-state index in [-0.39, 0.29) is 66.3 Å². The first kappa shape index (κ1) is 30.0. The van der Waals surface area contributed by atoms with Crippen molar-refractivity contribution in [3.63, 3.8) is 0 Å². The van der Waals surface area contributed by atoms with Gasteiger partial charge in [-0.3, -0.25) is 14.9 Å². The summed E-state index contributed by atoms with van der Waals surface area (Å²) < 4.78 is 94.7. The van der Waals surface area contributed by atoms with E-state index in [1.54, 1.807) is 0 Å². The molecule has 220 valence electrons. The van der Waals surface area contributed by atoms with Gasteiger partial charge in [-0.2, -0.15) is 17.5 Å². The van der Waals surface area contributed by atoms with Gasteiger partial charge in [0.15, 0.2) is 0 Å². The summed E-state index contributed by atoms with van der Waals surface area (Å²) in [5.74, 6) is -0.388. The number of nitro benzene ring substituents is 1. The number of rotatable bonds is 9. The summed E-state index contributed by atoms with van der Waals surface area (Å²) >= 11 is 0. The molecule has 1 amide bonds. The second kappa shape index (κ2) is 11.5. The van der Waals surface area contributed by atoms with Crippen LogP contribution in [0, 0.1) is 10.1 Å². The van der Waals surface area contributed by atoms with E-state index in [2.05, 4.69) is 10.6 Å². The van der Waals surface area contributed by atoms with Crippen molar-refractivity contribution in [3.8, 4) is 0 Å². The molecule has 0 atom stereocenters. The lowest BCUT2D eigenvalue weighted by Gasteiger charge is -2.31. The van der Waals surface area contributed by atoms with Crippen molar-refractivity contribution < 1.29 is 44.1 Å². The number of nitrogens with one attached hydrogen (secondary N) is 2. The predicted octanol–water partition coefficient (Wildman–Crippen LogP) is 3.68. The number of nitrogens with zero attached hydrogens (tertiary/aromatic N) is 2. The van der Waals surface area contributed by atoms with Gasteiger partial charge in [-0.25, -0.2) is 16.8 Å². The Kier molecular flexibility index (Phi) is 8.41. The molecule has 12 nitrogen and oxygen atoms in total. The fraction of sp³-hybridized carbons (Fsp3) is 0.292. The third kappa shape index (κ3) is 6.68. The summed E-state index contributed by atoms with van der Waals surface area (Å²) in [6, 6.07) is 11.6. The van der Waals surface area contributed by atoms with Crippen molar-refractivity contribution in [3.05, 3.63) is 82.1 Å². The highest BCUT2D eigenvalue weighted by Gasteiger charge is 2.47. The molecule has 0 unspecified atom stereocenters. The maximum Gasteiger partial charge on any atom is 0.501 e. The maximum absolute atomic E-state index is 13.1. The number of halogens is 3. The van der Waals surface area contributed by atoms with Crippen molar-refractivity contribution in [2.45, 2.75) is 40.9 Å². The second-order valence-corrected chi connectivity index (χ2v) is 12.8. The van der Waals surface area contributed by atoms with Crippen LogP contribution in [0.5, 0.6) is 0 Å². The number of carbonyl (C=O) groups is 1. The Hall–Kier alpha value is -3.96. The largest absolute Gasteiger partial charge is 0.501 e. The monoisotopic (exact) mass is 616 g/mol. The molecule has 1 fully saturated rings. The van der Waals surface area contributed by atoms with Gasteiger partial charge in [0.25, 0.3) is 31.5 Å². The van der Waals surface area contributed by atoms with Crippen LogP contribution >= 0.6 is 0 Å². The molecule has 2 heterocycles. The average Bonchev–Trinajstić information content (AvgIpc) is 3.42. The van der Waals surface area contributed by atoms with Crippen LogP contribution in [-0.4, -0.2) is 56.6 Å². The molecule has 17 heteroatoms. The quantitative estimate of drug-likeness (QED) is 0.269. The Morgan fingerprint density at radius 3 is 2.29 bits per heavy atom. The van der Waals surface area contributed by atoms with Crippen LogP contribution in [-0.2, 0) is 26.4 Å². The topological polar surface area (TPSA) is 169 Å². The first-order valence-corrected chi connectivity index (χ1v) is 14.9. The van der Waals surface area contributed by atoms with Crippen LogP contribution in [0.4, 0.5) is 24.5 Å². The Morgan fingerprint density at radius 1 is 1.02 bits per heavy atom. The standard InChI is InChI=1S/C24H23F3N4O8S2/c25-24(26,27)40(35,36)21-3-1-2-18(14-21)29-17-10-12-30(13-11-17)41(37,38)22-9-8-20(39-22)15-28-23(32)16-4-6-19(7-5-16)31(33)34/h1-9,14,17,29H,10-13,15H2,(H,28,32). The SMILES string of the molecule is O=C(NCc1ccc(S(=O)(=O)N2CCC(Nc3cccc(S(=O)(=O)C(F)(F)F)c3)CC2)o1)c1ccc([N+](=O)[O-])cc1. The van der Waals surface area contributed by atoms with Crippen molar-refractivity contribution in [1.82, 2.24) is 9.62 Å². The Morgan fingerprint density at radius 2 is 1.68 bits per heavy atom. The van der Waals surface area contributed by atoms with Crippen LogP contribution in [0.1, 0.15) is 29.0 Å². The highest BCUT2D eigenvalue weighted by atomic mass is 32.2. The fourth-order valence-corrected chi connectivity index (χ4v) is 6.29. The van der Waals surface area contributed by atoms with Gasteiger partial charge in [-0.05, 0) is 55.3 Å². The zero-order chi connectivity index (χ0) is 30.0. The number of nitro groups is 1. The van der Waals surface area contributed by atoms with Gasteiger partial charge >= 0.3 is 5.51 Å². The van der Waals surface area contributed by atoms with E-state index in [0.29, 0.717) is 0 Å². The summed E-state index contributed by atoms with van der Waals surface area (Å²) in [4.78, 5) is 21.5. The molecule has 0 spiro atoms. The molecule has 0 aliphatic carbocycles. The van der Waals surface area contributed by atoms with Crippen LogP contribution in [0.3, 0.4) is 0 Å². The summed E-state index contributed by atoms with van der Waals surface area (Å²) in [6.07, 6.45) is 0.572. The van der Waals surface area contributed by atoms with Crippen LogP contribution in [0.15, 0.2) is 75.1 Å². The van der Waals surface area contributed by atoms with Crippen molar-refractivity contribution in [2.75, 3.05) is 18.4 Å². The third-order valence-corrected chi connectivity index (χ3v) is 9.53. The lowest BCUT2D eigenvalue weighted by molar-refractivity contribution is -0.384. The summed E-state index contributed by atoms with van der Waals surface area (Å²) in [5, 5.41) is 15.9. The summed E-state index contributed by atoms with van der Waals surface area (Å²) in [5.41, 5.74) is -5.29. The minimum absolute atomic E-state index is 0.0630. The van der Waals surface area contributed by atoms with Crippen LogP contribution in [0.2, 0.25) is 0 Å². The maximum atomic E-state index is 13.1. The second-order valence-electron chi connectivity index (χ2n) is 9.01. The number of sulfonamides is 1. The van der Waals surface area contributed by atoms with Gasteiger partial charge in [0.05, 0.1) is 16.4 Å². The summed E-state index contributed by atoms with van der Waals surface area (Å²) in [7, 11) is -9.53. The number of amides is 1. The average molecular weight is 617 g/mol. The molecule has 2 aromatic carbocycles. The number of non-ortho nitro benzene ring substituents is 1. The van der Waals surface area contributed by atoms with E-state index < -0.39 is 41.1 Å². The van der Waals surface area contributed by atoms with Crippen molar-refractivity contribution in [2.24, 2.45) is 0 Å². The number of alkyl halides is 3. The minimum Gasteiger partial charge on any atom is -0.446 e. The molecule has 1 saturated heterocycles. The van der Waals surface area contributed by atoms with E-state index in [1.165, 1.54) is 52.8 Å². The molecule has 2 N–H and O–H groups in total. The number of hydrogen-bond acceptors (Lipinski definition) is 9. The van der Waals surface area contributed by atoms with Gasteiger partial charge in [0, 0.05) is 42.5 Å². The molecule has 1 aromatic heterocycles. The third-order valence-electron chi connectivity index (χ3n) is 6.27. The number of furan rings is 1. The molecular formula is C24H23F3N4O8S2. The smallest absolute Gasteiger partial charge is 0.446 e. The zero-order valence-electron chi connectivity index (χ0n) is 21.0. The minimum atomic E-state index is -5.51.